The number of nitrogens with one attached hydrogen (secondary N) is 1. The minimum atomic E-state index is -2.51. The van der Waals surface area contributed by atoms with Gasteiger partial charge in [-0.15, -0.1) is 12.4 Å². The summed E-state index contributed by atoms with van der Waals surface area (Å²) in [6, 6.07) is 3.76. The summed E-state index contributed by atoms with van der Waals surface area (Å²) in [6.45, 7) is 5.60. The Morgan fingerprint density at radius 2 is 1.59 bits per heavy atom. The van der Waals surface area contributed by atoms with Gasteiger partial charge in [-0.05, 0) is 56.0 Å². The first-order chi connectivity index (χ1) is 16.9. The summed E-state index contributed by atoms with van der Waals surface area (Å²) in [6.07, 6.45) is 8.03. The van der Waals surface area contributed by atoms with Crippen molar-refractivity contribution < 1.29 is 22.3 Å². The van der Waals surface area contributed by atoms with E-state index in [9.17, 15) is 17.6 Å². The summed E-state index contributed by atoms with van der Waals surface area (Å²) in [5.41, 5.74) is 0.960. The summed E-state index contributed by atoms with van der Waals surface area (Å²) >= 11 is 8.97. The number of pyridine rings is 2. The van der Waals surface area contributed by atoms with Crippen LogP contribution in [0.15, 0.2) is 45.9 Å². The van der Waals surface area contributed by atoms with Crippen LogP contribution in [0.25, 0.3) is 0 Å². The van der Waals surface area contributed by atoms with Gasteiger partial charge < -0.3 is 10.1 Å². The highest BCUT2D eigenvalue weighted by molar-refractivity contribution is 14.1. The largest absolute Gasteiger partial charge is 0.495 e. The third-order valence-corrected chi connectivity index (χ3v) is 6.69. The molecule has 13 heteroatoms. The molecule has 2 aromatic heterocycles. The van der Waals surface area contributed by atoms with Crippen LogP contribution in [0.3, 0.4) is 0 Å². The van der Waals surface area contributed by atoms with Crippen molar-refractivity contribution in [3.63, 3.8) is 0 Å². The second-order valence-electron chi connectivity index (χ2n) is 8.34. The van der Waals surface area contributed by atoms with Crippen molar-refractivity contribution in [2.24, 2.45) is 0 Å². The quantitative estimate of drug-likeness (QED) is 0.190. The fraction of sp³-hybridized carbons (Fsp3) is 0.615. The Hall–Kier alpha value is -0.280. The zero-order valence-corrected chi connectivity index (χ0v) is 27.1. The van der Waals surface area contributed by atoms with Gasteiger partial charge in [0, 0.05) is 63.9 Å². The third kappa shape index (κ3) is 21.1. The maximum Gasteiger partial charge on any atom is 0.261 e. The number of rotatable bonds is 4. The molecule has 2 aliphatic heterocycles. The number of likely N-dealkylation sites (tertiary alicyclic amines) is 1. The second-order valence-corrected chi connectivity index (χ2v) is 12.3. The Bertz CT molecular complexity index is 897. The molecular formula is C26H42Br2ClF4IN4O. The van der Waals surface area contributed by atoms with E-state index in [1.807, 2.05) is 12.1 Å². The molecule has 0 amide bonds. The summed E-state index contributed by atoms with van der Waals surface area (Å²) < 4.78 is 57.2. The van der Waals surface area contributed by atoms with Gasteiger partial charge in [0.15, 0.2) is 0 Å². The van der Waals surface area contributed by atoms with E-state index in [1.165, 1.54) is 6.42 Å². The van der Waals surface area contributed by atoms with E-state index in [2.05, 4.69) is 83.6 Å². The molecule has 1 N–H and O–H groups in total. The number of hydrogen-bond donors (Lipinski definition) is 1. The maximum absolute atomic E-state index is 12.9. The highest BCUT2D eigenvalue weighted by Gasteiger charge is 2.37. The molecule has 2 aliphatic rings. The monoisotopic (exact) mass is 822 g/mol. The fourth-order valence-corrected chi connectivity index (χ4v) is 3.63. The van der Waals surface area contributed by atoms with Crippen molar-refractivity contribution in [1.29, 1.82) is 0 Å². The van der Waals surface area contributed by atoms with Crippen molar-refractivity contribution in [3.8, 4) is 5.75 Å². The number of alkyl halides is 5. The number of aromatic nitrogens is 2. The number of halogens is 8. The van der Waals surface area contributed by atoms with Crippen LogP contribution in [0, 0.1) is 0 Å². The predicted octanol–water partition coefficient (Wildman–Crippen LogP) is 9.07. The molecule has 4 rings (SSSR count). The van der Waals surface area contributed by atoms with E-state index in [0.29, 0.717) is 19.6 Å². The standard InChI is InChI=1S/C10H11BrF2N2.C6H6BrNO.C4H7F2N.C4H9I.2CH4.ClH/c11-9-3-8(4-14-5-9)6-15-2-1-10(12,13)7-15;1-9-6-2-5(7)3-8-4-6;5-4(6)1-2-7-3-4;1-3-4(2)5;;;/h3-5H,1-2,6-7H2;2-4H,1H3;7H,1-3H2;4H,3H2,1-2H3;2*1H4;1H. The first kappa shape index (κ1) is 43.2. The van der Waals surface area contributed by atoms with Crippen molar-refractivity contribution in [2.45, 2.75) is 70.3 Å². The lowest BCUT2D eigenvalue weighted by Crippen LogP contribution is -2.24. The van der Waals surface area contributed by atoms with E-state index in [0.717, 1.165) is 24.2 Å². The Kier molecular flexibility index (Phi) is 24.7. The highest BCUT2D eigenvalue weighted by Crippen LogP contribution is 2.28. The van der Waals surface area contributed by atoms with Gasteiger partial charge >= 0.3 is 0 Å². The molecule has 0 radical (unpaired) electrons. The first-order valence-corrected chi connectivity index (χ1v) is 14.3. The molecule has 0 bridgehead atoms. The number of methoxy groups -OCH3 is 1. The highest BCUT2D eigenvalue weighted by atomic mass is 127. The van der Waals surface area contributed by atoms with Crippen LogP contribution in [-0.4, -0.2) is 63.9 Å². The molecule has 1 atom stereocenters. The van der Waals surface area contributed by atoms with Crippen LogP contribution in [-0.2, 0) is 6.54 Å². The van der Waals surface area contributed by atoms with Crippen molar-refractivity contribution in [3.05, 3.63) is 51.4 Å². The molecule has 228 valence electrons. The van der Waals surface area contributed by atoms with Gasteiger partial charge in [0.25, 0.3) is 11.8 Å². The van der Waals surface area contributed by atoms with E-state index in [4.69, 9.17) is 4.74 Å². The van der Waals surface area contributed by atoms with Gasteiger partial charge in [-0.2, -0.15) is 0 Å². The summed E-state index contributed by atoms with van der Waals surface area (Å²) in [7, 11) is 1.61. The van der Waals surface area contributed by atoms with Crippen molar-refractivity contribution in [1.82, 2.24) is 20.2 Å². The minimum absolute atomic E-state index is 0. The van der Waals surface area contributed by atoms with Gasteiger partial charge in [0.2, 0.25) is 0 Å². The van der Waals surface area contributed by atoms with Gasteiger partial charge in [-0.1, -0.05) is 51.3 Å². The molecule has 0 saturated carbocycles. The molecule has 2 fully saturated rings. The molecule has 1 unspecified atom stereocenters. The van der Waals surface area contributed by atoms with Gasteiger partial charge in [-0.25, -0.2) is 17.6 Å². The molecule has 0 spiro atoms. The lowest BCUT2D eigenvalue weighted by molar-refractivity contribution is 0.0114. The van der Waals surface area contributed by atoms with Crippen LogP contribution >= 0.6 is 66.9 Å². The van der Waals surface area contributed by atoms with Gasteiger partial charge in [0.1, 0.15) is 5.75 Å². The molecule has 0 aliphatic carbocycles. The number of ether oxygens (including phenoxy) is 1. The topological polar surface area (TPSA) is 50.3 Å². The smallest absolute Gasteiger partial charge is 0.261 e. The van der Waals surface area contributed by atoms with Gasteiger partial charge in [-0.3, -0.25) is 14.9 Å². The maximum atomic E-state index is 12.9. The molecule has 0 aromatic carbocycles. The SMILES string of the molecule is C.C.CCC(C)I.COc1cncc(Br)c1.Cl.FC1(F)CCN(Cc2cncc(Br)c2)C1.FC1(F)CCNC1. The zero-order valence-electron chi connectivity index (χ0n) is 21.0. The van der Waals surface area contributed by atoms with Crippen LogP contribution in [0.4, 0.5) is 17.6 Å². The Balaban J connectivity index is -0.000000469. The van der Waals surface area contributed by atoms with E-state index < -0.39 is 11.8 Å². The lowest BCUT2D eigenvalue weighted by Gasteiger charge is -2.15. The Morgan fingerprint density at radius 3 is 1.92 bits per heavy atom. The zero-order chi connectivity index (χ0) is 27.2. The first-order valence-electron chi connectivity index (χ1n) is 11.4. The van der Waals surface area contributed by atoms with Crippen LogP contribution in [0.2, 0.25) is 0 Å². The van der Waals surface area contributed by atoms with Crippen LogP contribution in [0.1, 0.15) is 53.5 Å². The van der Waals surface area contributed by atoms with Crippen molar-refractivity contribution >= 4 is 66.9 Å². The van der Waals surface area contributed by atoms with E-state index >= 15 is 0 Å². The molecular weight excluding hydrogens is 782 g/mol. The molecule has 2 aromatic rings. The van der Waals surface area contributed by atoms with E-state index in [1.54, 1.807) is 36.8 Å². The number of nitrogens with zero attached hydrogens (tertiary/aromatic N) is 3. The average molecular weight is 825 g/mol. The van der Waals surface area contributed by atoms with Crippen molar-refractivity contribution in [2.75, 3.05) is 33.3 Å². The molecule has 4 heterocycles. The Labute approximate surface area is 268 Å². The van der Waals surface area contributed by atoms with Gasteiger partial charge in [0.05, 0.1) is 26.4 Å². The third-order valence-electron chi connectivity index (χ3n) is 4.95. The van der Waals surface area contributed by atoms with Crippen LogP contribution in [0.5, 0.6) is 5.75 Å². The Morgan fingerprint density at radius 1 is 1.03 bits per heavy atom. The normalized spacial score (nSPS) is 17.1. The predicted molar refractivity (Wildman–Crippen MR) is 172 cm³/mol. The molecule has 39 heavy (non-hydrogen) atoms. The summed E-state index contributed by atoms with van der Waals surface area (Å²) in [4.78, 5) is 9.64. The van der Waals surface area contributed by atoms with Crippen LogP contribution < -0.4 is 10.1 Å². The fourth-order valence-electron chi connectivity index (χ4n) is 2.88. The molecule has 2 saturated heterocycles. The molecule has 5 nitrogen and oxygen atoms in total. The summed E-state index contributed by atoms with van der Waals surface area (Å²) in [5, 5.41) is 2.56. The average Bonchev–Trinajstić information content (AvgIpc) is 3.38. The number of hydrogen-bond acceptors (Lipinski definition) is 5. The minimum Gasteiger partial charge on any atom is -0.495 e. The second kappa shape index (κ2) is 22.3. The van der Waals surface area contributed by atoms with E-state index in [-0.39, 0.29) is 53.2 Å². The summed E-state index contributed by atoms with van der Waals surface area (Å²) in [5.74, 6) is -4.16. The lowest BCUT2D eigenvalue weighted by atomic mass is 10.3.